The summed E-state index contributed by atoms with van der Waals surface area (Å²) in [6.07, 6.45) is 0.586. The summed E-state index contributed by atoms with van der Waals surface area (Å²) in [6, 6.07) is 16.6. The zero-order chi connectivity index (χ0) is 27.1. The van der Waals surface area contributed by atoms with Crippen molar-refractivity contribution >= 4 is 15.8 Å². The summed E-state index contributed by atoms with van der Waals surface area (Å²) in [4.78, 5) is 5.01. The summed E-state index contributed by atoms with van der Waals surface area (Å²) in [5.41, 5.74) is 2.70. The molecule has 0 saturated carbocycles. The fourth-order valence-electron chi connectivity index (χ4n) is 4.82. The highest BCUT2D eigenvalue weighted by Crippen LogP contribution is 2.31. The van der Waals surface area contributed by atoms with Crippen LogP contribution in [0.5, 0.6) is 5.75 Å². The monoisotopic (exact) mass is 541 g/mol. The van der Waals surface area contributed by atoms with E-state index in [2.05, 4.69) is 16.7 Å². The van der Waals surface area contributed by atoms with Crippen LogP contribution in [0.3, 0.4) is 0 Å². The minimum absolute atomic E-state index is 0.222. The van der Waals surface area contributed by atoms with Gasteiger partial charge in [0, 0.05) is 58.5 Å². The maximum absolute atomic E-state index is 13.9. The van der Waals surface area contributed by atoms with Crippen molar-refractivity contribution in [2.24, 2.45) is 0 Å². The summed E-state index contributed by atoms with van der Waals surface area (Å²) in [5.74, 6) is 1.58. The van der Waals surface area contributed by atoms with E-state index in [0.29, 0.717) is 25.3 Å². The number of ether oxygens (including phenoxy) is 2. The molecule has 2 aromatic carbocycles. The molecule has 0 bridgehead atoms. The SMILES string of the molecule is CCN1CCN(c2c(CN(CCCOC)S(=O)(=O)c3ccc(OC)cc3)c(C)nn2-c2ccccc2)CC1. The van der Waals surface area contributed by atoms with Gasteiger partial charge in [0.2, 0.25) is 10.0 Å². The van der Waals surface area contributed by atoms with Gasteiger partial charge in [-0.3, -0.25) is 0 Å². The molecule has 1 saturated heterocycles. The summed E-state index contributed by atoms with van der Waals surface area (Å²) < 4.78 is 41.8. The molecule has 0 aliphatic carbocycles. The quantitative estimate of drug-likeness (QED) is 0.325. The number of rotatable bonds is 12. The van der Waals surface area contributed by atoms with Gasteiger partial charge in [0.15, 0.2) is 0 Å². The normalized spacial score (nSPS) is 14.8. The van der Waals surface area contributed by atoms with Crippen molar-refractivity contribution < 1.29 is 17.9 Å². The molecule has 1 fully saturated rings. The number of sulfonamides is 1. The van der Waals surface area contributed by atoms with Crippen LogP contribution in [-0.2, 0) is 21.3 Å². The molecule has 4 rings (SSSR count). The third-order valence-corrected chi connectivity index (χ3v) is 8.92. The second-order valence-corrected chi connectivity index (χ2v) is 11.4. The molecular weight excluding hydrogens is 502 g/mol. The Bertz CT molecular complexity index is 1270. The molecule has 10 heteroatoms. The Hall–Kier alpha value is -2.92. The minimum atomic E-state index is -3.78. The summed E-state index contributed by atoms with van der Waals surface area (Å²) in [5, 5.41) is 4.92. The third kappa shape index (κ3) is 6.20. The Morgan fingerprint density at radius 2 is 1.66 bits per heavy atom. The van der Waals surface area contributed by atoms with Crippen molar-refractivity contribution in [3.05, 3.63) is 65.9 Å². The maximum Gasteiger partial charge on any atom is 0.243 e. The lowest BCUT2D eigenvalue weighted by atomic mass is 10.2. The lowest BCUT2D eigenvalue weighted by Gasteiger charge is -2.36. The van der Waals surface area contributed by atoms with E-state index in [0.717, 1.165) is 55.5 Å². The maximum atomic E-state index is 13.9. The fraction of sp³-hybridized carbons (Fsp3) is 0.464. The van der Waals surface area contributed by atoms with Crippen molar-refractivity contribution in [1.82, 2.24) is 19.0 Å². The standard InChI is InChI=1S/C28H39N5O4S/c1-5-30-17-19-31(20-18-30)28-27(23(2)29-33(28)24-10-7-6-8-11-24)22-32(16-9-21-36-3)38(34,35)26-14-12-25(37-4)13-15-26/h6-8,10-15H,5,9,16-22H2,1-4H3. The highest BCUT2D eigenvalue weighted by molar-refractivity contribution is 7.89. The Labute approximate surface area is 226 Å². The molecule has 9 nitrogen and oxygen atoms in total. The average Bonchev–Trinajstić information content (AvgIpc) is 3.28. The predicted octanol–water partition coefficient (Wildman–Crippen LogP) is 3.56. The lowest BCUT2D eigenvalue weighted by molar-refractivity contribution is 0.186. The molecule has 0 amide bonds. The Balaban J connectivity index is 1.75. The van der Waals surface area contributed by atoms with E-state index in [1.807, 2.05) is 41.9 Å². The van der Waals surface area contributed by atoms with E-state index >= 15 is 0 Å². The van der Waals surface area contributed by atoms with Crippen LogP contribution in [0.15, 0.2) is 59.5 Å². The van der Waals surface area contributed by atoms with E-state index in [1.165, 1.54) is 0 Å². The van der Waals surface area contributed by atoms with Gasteiger partial charge in [-0.2, -0.15) is 9.40 Å². The number of aryl methyl sites for hydroxylation is 1. The highest BCUT2D eigenvalue weighted by Gasteiger charge is 2.30. The van der Waals surface area contributed by atoms with Crippen LogP contribution in [0.2, 0.25) is 0 Å². The number of hydrogen-bond donors (Lipinski definition) is 0. The van der Waals surface area contributed by atoms with Crippen LogP contribution < -0.4 is 9.64 Å². The summed E-state index contributed by atoms with van der Waals surface area (Å²) in [6.45, 7) is 9.82. The van der Waals surface area contributed by atoms with Crippen LogP contribution in [0.25, 0.3) is 5.69 Å². The zero-order valence-corrected chi connectivity index (χ0v) is 23.7. The second-order valence-electron chi connectivity index (χ2n) is 9.42. The predicted molar refractivity (Wildman–Crippen MR) is 150 cm³/mol. The van der Waals surface area contributed by atoms with Gasteiger partial charge in [-0.05, 0) is 56.3 Å². The van der Waals surface area contributed by atoms with Gasteiger partial charge >= 0.3 is 0 Å². The topological polar surface area (TPSA) is 80.1 Å². The molecule has 0 radical (unpaired) electrons. The third-order valence-electron chi connectivity index (χ3n) is 7.06. The molecule has 2 heterocycles. The zero-order valence-electron chi connectivity index (χ0n) is 22.8. The van der Waals surface area contributed by atoms with Gasteiger partial charge < -0.3 is 19.3 Å². The van der Waals surface area contributed by atoms with Gasteiger partial charge in [-0.1, -0.05) is 25.1 Å². The highest BCUT2D eigenvalue weighted by atomic mass is 32.2. The van der Waals surface area contributed by atoms with Crippen LogP contribution in [-0.4, -0.2) is 87.5 Å². The van der Waals surface area contributed by atoms with Crippen molar-refractivity contribution in [2.45, 2.75) is 31.7 Å². The fourth-order valence-corrected chi connectivity index (χ4v) is 6.27. The number of piperazine rings is 1. The smallest absolute Gasteiger partial charge is 0.243 e. The van der Waals surface area contributed by atoms with E-state index in [9.17, 15) is 8.42 Å². The lowest BCUT2D eigenvalue weighted by Crippen LogP contribution is -2.47. The largest absolute Gasteiger partial charge is 0.497 e. The van der Waals surface area contributed by atoms with Crippen molar-refractivity contribution in [3.63, 3.8) is 0 Å². The Morgan fingerprint density at radius 1 is 0.974 bits per heavy atom. The minimum Gasteiger partial charge on any atom is -0.497 e. The first-order valence-corrected chi connectivity index (χ1v) is 14.6. The van der Waals surface area contributed by atoms with Gasteiger partial charge in [0.05, 0.1) is 23.4 Å². The second kappa shape index (κ2) is 12.8. The molecule has 0 spiro atoms. The van der Waals surface area contributed by atoms with Gasteiger partial charge in [0.1, 0.15) is 11.6 Å². The van der Waals surface area contributed by atoms with Gasteiger partial charge in [-0.25, -0.2) is 13.1 Å². The Morgan fingerprint density at radius 3 is 2.26 bits per heavy atom. The number of aromatic nitrogens is 2. The molecular formula is C28H39N5O4S. The summed E-state index contributed by atoms with van der Waals surface area (Å²) in [7, 11) is -0.584. The number of likely N-dealkylation sites (N-methyl/N-ethyl adjacent to an activating group) is 1. The summed E-state index contributed by atoms with van der Waals surface area (Å²) >= 11 is 0. The molecule has 1 aliphatic heterocycles. The molecule has 38 heavy (non-hydrogen) atoms. The number of methoxy groups -OCH3 is 2. The number of hydrogen-bond acceptors (Lipinski definition) is 7. The molecule has 0 unspecified atom stereocenters. The van der Waals surface area contributed by atoms with Crippen molar-refractivity contribution in [1.29, 1.82) is 0 Å². The molecule has 1 aliphatic rings. The van der Waals surface area contributed by atoms with Crippen LogP contribution in [0.1, 0.15) is 24.6 Å². The van der Waals surface area contributed by atoms with Crippen LogP contribution in [0, 0.1) is 6.92 Å². The number of nitrogens with zero attached hydrogens (tertiary/aromatic N) is 5. The molecule has 0 N–H and O–H groups in total. The first kappa shape index (κ1) is 28.1. The van der Waals surface area contributed by atoms with E-state index in [1.54, 1.807) is 42.8 Å². The van der Waals surface area contributed by atoms with E-state index in [-0.39, 0.29) is 11.4 Å². The molecule has 1 aromatic heterocycles. The van der Waals surface area contributed by atoms with Gasteiger partial charge in [0.25, 0.3) is 0 Å². The number of para-hydroxylation sites is 1. The molecule has 0 atom stereocenters. The first-order chi connectivity index (χ1) is 18.4. The Kier molecular flexibility index (Phi) is 9.43. The number of benzene rings is 2. The van der Waals surface area contributed by atoms with Gasteiger partial charge in [-0.15, -0.1) is 0 Å². The van der Waals surface area contributed by atoms with Crippen molar-refractivity contribution in [3.8, 4) is 11.4 Å². The van der Waals surface area contributed by atoms with E-state index < -0.39 is 10.0 Å². The van der Waals surface area contributed by atoms with Crippen LogP contribution >= 0.6 is 0 Å². The van der Waals surface area contributed by atoms with Crippen molar-refractivity contribution in [2.75, 3.05) is 65.0 Å². The molecule has 3 aromatic rings. The van der Waals surface area contributed by atoms with Crippen LogP contribution in [0.4, 0.5) is 5.82 Å². The number of anilines is 1. The van der Waals surface area contributed by atoms with E-state index in [4.69, 9.17) is 14.6 Å². The first-order valence-electron chi connectivity index (χ1n) is 13.1. The molecule has 206 valence electrons. The average molecular weight is 542 g/mol.